The number of nitrogens with one attached hydrogen (secondary N) is 2. The van der Waals surface area contributed by atoms with Crippen LogP contribution in [-0.4, -0.2) is 59.2 Å². The molecular formula is C21H26N4O3. The van der Waals surface area contributed by atoms with Crippen molar-refractivity contribution in [1.29, 1.82) is 0 Å². The molecule has 0 aliphatic carbocycles. The number of aromatic amines is 1. The third-order valence-electron chi connectivity index (χ3n) is 5.50. The van der Waals surface area contributed by atoms with Crippen molar-refractivity contribution in [2.24, 2.45) is 0 Å². The van der Waals surface area contributed by atoms with Crippen LogP contribution in [0.25, 0.3) is 11.4 Å². The molecule has 2 aliphatic rings. The predicted molar refractivity (Wildman–Crippen MR) is 106 cm³/mol. The molecule has 0 spiro atoms. The lowest BCUT2D eigenvalue weighted by Crippen LogP contribution is -2.47. The summed E-state index contributed by atoms with van der Waals surface area (Å²) in [5.41, 5.74) is 0.453. The molecule has 2 fully saturated rings. The zero-order valence-electron chi connectivity index (χ0n) is 15.9. The molecule has 2 N–H and O–H groups in total. The van der Waals surface area contributed by atoms with Crippen molar-refractivity contribution in [1.82, 2.24) is 20.2 Å². The number of piperidine rings is 1. The number of likely N-dealkylation sites (tertiary alicyclic amines) is 1. The summed E-state index contributed by atoms with van der Waals surface area (Å²) in [5.74, 6) is 0.107. The summed E-state index contributed by atoms with van der Waals surface area (Å²) in [5, 5.41) is 2.99. The predicted octanol–water partition coefficient (Wildman–Crippen LogP) is 1.81. The van der Waals surface area contributed by atoms with Crippen molar-refractivity contribution in [2.75, 3.05) is 26.2 Å². The van der Waals surface area contributed by atoms with E-state index in [1.54, 1.807) is 0 Å². The van der Waals surface area contributed by atoms with Gasteiger partial charge in [-0.05, 0) is 25.7 Å². The summed E-state index contributed by atoms with van der Waals surface area (Å²) in [6.07, 6.45) is 5.79. The number of carbonyl (C=O) groups is 1. The number of H-pyrrole nitrogens is 1. The van der Waals surface area contributed by atoms with E-state index < -0.39 is 5.56 Å². The lowest BCUT2D eigenvalue weighted by molar-refractivity contribution is 0.0612. The van der Waals surface area contributed by atoms with E-state index in [-0.39, 0.29) is 17.5 Å². The van der Waals surface area contributed by atoms with Crippen LogP contribution in [0.2, 0.25) is 0 Å². The van der Waals surface area contributed by atoms with E-state index in [4.69, 9.17) is 4.74 Å². The van der Waals surface area contributed by atoms with Crippen LogP contribution in [0.3, 0.4) is 0 Å². The summed E-state index contributed by atoms with van der Waals surface area (Å²) >= 11 is 0. The Kier molecular flexibility index (Phi) is 5.83. The average Bonchev–Trinajstić information content (AvgIpc) is 3.23. The second-order valence-electron chi connectivity index (χ2n) is 7.52. The molecule has 148 valence electrons. The second kappa shape index (κ2) is 8.67. The number of nitrogens with zero attached hydrogens (tertiary/aromatic N) is 2. The van der Waals surface area contributed by atoms with E-state index in [0.29, 0.717) is 11.9 Å². The number of amides is 1. The number of carbonyl (C=O) groups excluding carboxylic acids is 1. The Morgan fingerprint density at radius 2 is 2.00 bits per heavy atom. The molecule has 0 radical (unpaired) electrons. The minimum atomic E-state index is -0.415. The Bertz CT molecular complexity index is 853. The van der Waals surface area contributed by atoms with Gasteiger partial charge in [-0.3, -0.25) is 9.59 Å². The Balaban J connectivity index is 1.32. The molecular weight excluding hydrogens is 356 g/mol. The van der Waals surface area contributed by atoms with Gasteiger partial charge >= 0.3 is 0 Å². The normalized spacial score (nSPS) is 20.9. The maximum Gasteiger partial charge on any atom is 0.264 e. The molecule has 4 rings (SSSR count). The lowest BCUT2D eigenvalue weighted by atomic mass is 10.0. The van der Waals surface area contributed by atoms with Gasteiger partial charge in [-0.15, -0.1) is 0 Å². The first-order valence-corrected chi connectivity index (χ1v) is 9.98. The van der Waals surface area contributed by atoms with Gasteiger partial charge in [0.2, 0.25) is 0 Å². The van der Waals surface area contributed by atoms with Crippen LogP contribution in [0, 0.1) is 0 Å². The molecule has 0 unspecified atom stereocenters. The van der Waals surface area contributed by atoms with E-state index in [1.807, 2.05) is 30.3 Å². The van der Waals surface area contributed by atoms with Gasteiger partial charge in [0.15, 0.2) is 0 Å². The lowest BCUT2D eigenvalue weighted by Gasteiger charge is -2.33. The Hall–Kier alpha value is -2.51. The monoisotopic (exact) mass is 382 g/mol. The van der Waals surface area contributed by atoms with Gasteiger partial charge in [0.1, 0.15) is 11.4 Å². The minimum absolute atomic E-state index is 0.0569. The molecule has 1 atom stereocenters. The molecule has 7 nitrogen and oxygen atoms in total. The molecule has 1 aromatic heterocycles. The minimum Gasteiger partial charge on any atom is -0.377 e. The molecule has 1 amide bonds. The second-order valence-corrected chi connectivity index (χ2v) is 7.52. The van der Waals surface area contributed by atoms with E-state index >= 15 is 0 Å². The SMILES string of the molecule is O=C(NC1CCN(C[C@H]2CCCO2)CC1)c1cnc(-c2ccccc2)[nH]c1=O. The number of aromatic nitrogens is 2. The van der Waals surface area contributed by atoms with Crippen LogP contribution >= 0.6 is 0 Å². The molecule has 28 heavy (non-hydrogen) atoms. The smallest absolute Gasteiger partial charge is 0.264 e. The summed E-state index contributed by atoms with van der Waals surface area (Å²) in [6.45, 7) is 3.73. The largest absolute Gasteiger partial charge is 0.377 e. The number of hydrogen-bond acceptors (Lipinski definition) is 5. The Morgan fingerprint density at radius 3 is 2.68 bits per heavy atom. The van der Waals surface area contributed by atoms with Gasteiger partial charge in [-0.25, -0.2) is 4.98 Å². The standard InChI is InChI=1S/C21H26N4O3/c26-20(18-13-22-19(24-21(18)27)15-5-2-1-3-6-15)23-16-8-10-25(11-9-16)14-17-7-4-12-28-17/h1-3,5-6,13,16-17H,4,7-12,14H2,(H,23,26)(H,22,24,27)/t17-/m1/s1. The third-order valence-corrected chi connectivity index (χ3v) is 5.50. The van der Waals surface area contributed by atoms with Crippen molar-refractivity contribution < 1.29 is 9.53 Å². The summed E-state index contributed by atoms with van der Waals surface area (Å²) in [4.78, 5) is 34.3. The molecule has 2 aromatic rings. The number of rotatable bonds is 5. The zero-order chi connectivity index (χ0) is 19.3. The van der Waals surface area contributed by atoms with Gasteiger partial charge in [-0.2, -0.15) is 0 Å². The van der Waals surface area contributed by atoms with E-state index in [0.717, 1.165) is 57.5 Å². The van der Waals surface area contributed by atoms with Gasteiger partial charge in [-0.1, -0.05) is 30.3 Å². The van der Waals surface area contributed by atoms with E-state index in [1.165, 1.54) is 6.20 Å². The van der Waals surface area contributed by atoms with Crippen LogP contribution in [0.4, 0.5) is 0 Å². The van der Waals surface area contributed by atoms with Gasteiger partial charge in [0.25, 0.3) is 11.5 Å². The summed E-state index contributed by atoms with van der Waals surface area (Å²) in [7, 11) is 0. The third kappa shape index (κ3) is 4.48. The van der Waals surface area contributed by atoms with Gasteiger partial charge in [0, 0.05) is 44.0 Å². The summed E-state index contributed by atoms with van der Waals surface area (Å²) in [6, 6.07) is 9.46. The quantitative estimate of drug-likeness (QED) is 0.824. The maximum absolute atomic E-state index is 12.5. The Morgan fingerprint density at radius 1 is 1.21 bits per heavy atom. The highest BCUT2D eigenvalue weighted by Gasteiger charge is 2.25. The zero-order valence-corrected chi connectivity index (χ0v) is 15.9. The van der Waals surface area contributed by atoms with Crippen LogP contribution < -0.4 is 10.9 Å². The number of hydrogen-bond donors (Lipinski definition) is 2. The van der Waals surface area contributed by atoms with Crippen molar-refractivity contribution in [3.63, 3.8) is 0 Å². The molecule has 7 heteroatoms. The fourth-order valence-corrected chi connectivity index (χ4v) is 3.90. The van der Waals surface area contributed by atoms with Crippen molar-refractivity contribution in [3.8, 4) is 11.4 Å². The molecule has 1 aromatic carbocycles. The van der Waals surface area contributed by atoms with Crippen molar-refractivity contribution >= 4 is 5.91 Å². The highest BCUT2D eigenvalue weighted by Crippen LogP contribution is 2.17. The maximum atomic E-state index is 12.5. The first-order valence-electron chi connectivity index (χ1n) is 9.98. The molecule has 2 aliphatic heterocycles. The van der Waals surface area contributed by atoms with Gasteiger partial charge < -0.3 is 19.9 Å². The number of benzene rings is 1. The van der Waals surface area contributed by atoms with Gasteiger partial charge in [0.05, 0.1) is 6.10 Å². The van der Waals surface area contributed by atoms with Crippen LogP contribution in [-0.2, 0) is 4.74 Å². The Labute approximate surface area is 164 Å². The number of ether oxygens (including phenoxy) is 1. The van der Waals surface area contributed by atoms with Crippen LogP contribution in [0.5, 0.6) is 0 Å². The molecule has 2 saturated heterocycles. The highest BCUT2D eigenvalue weighted by atomic mass is 16.5. The topological polar surface area (TPSA) is 87.3 Å². The van der Waals surface area contributed by atoms with E-state index in [2.05, 4.69) is 20.2 Å². The van der Waals surface area contributed by atoms with Crippen LogP contribution in [0.15, 0.2) is 41.3 Å². The average molecular weight is 382 g/mol. The fourth-order valence-electron chi connectivity index (χ4n) is 3.90. The van der Waals surface area contributed by atoms with Crippen LogP contribution in [0.1, 0.15) is 36.0 Å². The molecule has 0 bridgehead atoms. The first kappa shape index (κ1) is 18.8. The molecule has 0 saturated carbocycles. The fraction of sp³-hybridized carbons (Fsp3) is 0.476. The first-order chi connectivity index (χ1) is 13.7. The van der Waals surface area contributed by atoms with Crippen molar-refractivity contribution in [3.05, 3.63) is 52.4 Å². The summed E-state index contributed by atoms with van der Waals surface area (Å²) < 4.78 is 5.70. The highest BCUT2D eigenvalue weighted by molar-refractivity contribution is 5.93. The molecule has 3 heterocycles. The van der Waals surface area contributed by atoms with Crippen molar-refractivity contribution in [2.45, 2.75) is 37.8 Å². The van der Waals surface area contributed by atoms with E-state index in [9.17, 15) is 9.59 Å².